The van der Waals surface area contributed by atoms with Crippen molar-refractivity contribution >= 4 is 22.8 Å². The molecule has 1 unspecified atom stereocenters. The second kappa shape index (κ2) is 6.15. The summed E-state index contributed by atoms with van der Waals surface area (Å²) < 4.78 is 2.04. The number of primary amides is 1. The highest BCUT2D eigenvalue weighted by Gasteiger charge is 2.17. The van der Waals surface area contributed by atoms with Crippen LogP contribution in [0.1, 0.15) is 28.9 Å². The van der Waals surface area contributed by atoms with Crippen LogP contribution < -0.4 is 11.1 Å². The third-order valence-electron chi connectivity index (χ3n) is 3.81. The summed E-state index contributed by atoms with van der Waals surface area (Å²) in [4.78, 5) is 27.6. The van der Waals surface area contributed by atoms with Gasteiger partial charge in [-0.3, -0.25) is 14.7 Å². The number of rotatable bonds is 5. The number of nitrogens with zero attached hydrogens (tertiary/aromatic N) is 3. The highest BCUT2D eigenvalue weighted by Crippen LogP contribution is 2.17. The third kappa shape index (κ3) is 2.98. The Morgan fingerprint density at radius 2 is 2.12 bits per heavy atom. The summed E-state index contributed by atoms with van der Waals surface area (Å²) in [6.45, 7) is 3.96. The molecular weight excluding hydrogens is 308 g/mol. The maximum absolute atomic E-state index is 12.0. The van der Waals surface area contributed by atoms with Crippen molar-refractivity contribution in [1.29, 1.82) is 0 Å². The number of nitrogens with one attached hydrogen (secondary N) is 2. The summed E-state index contributed by atoms with van der Waals surface area (Å²) in [5.41, 5.74) is 8.04. The smallest absolute Gasteiger partial charge is 0.272 e. The first-order valence-electron chi connectivity index (χ1n) is 7.52. The third-order valence-corrected chi connectivity index (χ3v) is 3.81. The number of para-hydroxylation sites is 2. The van der Waals surface area contributed by atoms with Crippen LogP contribution in [-0.4, -0.2) is 37.6 Å². The van der Waals surface area contributed by atoms with Gasteiger partial charge >= 0.3 is 0 Å². The fraction of sp³-hybridized carbons (Fsp3) is 0.250. The highest BCUT2D eigenvalue weighted by molar-refractivity contribution is 5.95. The normalized spacial score (nSPS) is 12.2. The van der Waals surface area contributed by atoms with Crippen molar-refractivity contribution in [2.45, 2.75) is 26.4 Å². The number of H-pyrrole nitrogens is 1. The number of carbonyl (C=O) groups is 2. The molecule has 0 fully saturated rings. The Balaban J connectivity index is 1.80. The van der Waals surface area contributed by atoms with Crippen LogP contribution in [0, 0.1) is 6.92 Å². The number of nitrogens with two attached hydrogens (primary N) is 1. The zero-order valence-corrected chi connectivity index (χ0v) is 13.4. The number of carbonyl (C=O) groups excluding carboxylic acids is 2. The van der Waals surface area contributed by atoms with Crippen molar-refractivity contribution in [1.82, 2.24) is 25.1 Å². The molecular formula is C16H18N6O2. The van der Waals surface area contributed by atoms with E-state index >= 15 is 0 Å². The van der Waals surface area contributed by atoms with Crippen LogP contribution in [0.2, 0.25) is 0 Å². The molecule has 2 aromatic heterocycles. The molecule has 124 valence electrons. The molecule has 8 heteroatoms. The van der Waals surface area contributed by atoms with Gasteiger partial charge in [-0.2, -0.15) is 5.10 Å². The largest absolute Gasteiger partial charge is 0.368 e. The summed E-state index contributed by atoms with van der Waals surface area (Å²) in [5.74, 6) is -0.171. The van der Waals surface area contributed by atoms with Crippen LogP contribution >= 0.6 is 0 Å². The topological polar surface area (TPSA) is 119 Å². The highest BCUT2D eigenvalue weighted by atomic mass is 16.2. The van der Waals surface area contributed by atoms with Crippen molar-refractivity contribution < 1.29 is 9.59 Å². The Hall–Kier alpha value is -3.16. The van der Waals surface area contributed by atoms with Crippen LogP contribution in [0.3, 0.4) is 0 Å². The lowest BCUT2D eigenvalue weighted by Crippen LogP contribution is -2.42. The number of aryl methyl sites for hydroxylation is 1. The van der Waals surface area contributed by atoms with E-state index in [0.717, 1.165) is 22.6 Å². The number of aromatic nitrogens is 4. The maximum atomic E-state index is 12.0. The Kier molecular flexibility index (Phi) is 4.03. The Labute approximate surface area is 138 Å². The molecule has 0 bridgehead atoms. The van der Waals surface area contributed by atoms with Crippen LogP contribution in [0.15, 0.2) is 30.3 Å². The first kappa shape index (κ1) is 15.7. The van der Waals surface area contributed by atoms with Gasteiger partial charge in [0.05, 0.1) is 23.3 Å². The van der Waals surface area contributed by atoms with E-state index in [-0.39, 0.29) is 5.69 Å². The molecule has 0 spiro atoms. The van der Waals surface area contributed by atoms with Crippen LogP contribution in [0.4, 0.5) is 0 Å². The minimum Gasteiger partial charge on any atom is -0.368 e. The van der Waals surface area contributed by atoms with Crippen molar-refractivity contribution in [2.24, 2.45) is 5.73 Å². The second-order valence-electron chi connectivity index (χ2n) is 5.61. The minimum absolute atomic E-state index is 0.208. The average molecular weight is 326 g/mol. The van der Waals surface area contributed by atoms with E-state index in [1.54, 1.807) is 6.07 Å². The standard InChI is InChI=1S/C16H18N6O2/c1-9(15(17)23)18-16(24)13-7-11(20-21-13)8-22-10(2)19-12-5-3-4-6-14(12)22/h3-7,9H,8H2,1-2H3,(H2,17,23)(H,18,24)(H,20,21). The number of amides is 2. The van der Waals surface area contributed by atoms with E-state index in [0.29, 0.717) is 6.54 Å². The molecule has 3 rings (SSSR count). The molecule has 0 saturated carbocycles. The Bertz CT molecular complexity index is 910. The van der Waals surface area contributed by atoms with E-state index in [9.17, 15) is 9.59 Å². The van der Waals surface area contributed by atoms with Gasteiger partial charge in [0.2, 0.25) is 5.91 Å². The fourth-order valence-electron chi connectivity index (χ4n) is 2.47. The molecule has 0 aliphatic rings. The molecule has 1 atom stereocenters. The van der Waals surface area contributed by atoms with Crippen molar-refractivity contribution in [3.05, 3.63) is 47.5 Å². The Morgan fingerprint density at radius 3 is 2.88 bits per heavy atom. The van der Waals surface area contributed by atoms with Crippen LogP contribution in [0.5, 0.6) is 0 Å². The van der Waals surface area contributed by atoms with E-state index in [1.165, 1.54) is 6.92 Å². The van der Waals surface area contributed by atoms with Crippen LogP contribution in [-0.2, 0) is 11.3 Å². The lowest BCUT2D eigenvalue weighted by molar-refractivity contribution is -0.119. The van der Waals surface area contributed by atoms with Crippen molar-refractivity contribution in [3.63, 3.8) is 0 Å². The molecule has 0 aliphatic heterocycles. The minimum atomic E-state index is -0.752. The van der Waals surface area contributed by atoms with Gasteiger partial charge in [-0.1, -0.05) is 12.1 Å². The zero-order chi connectivity index (χ0) is 17.3. The number of imidazole rings is 1. The molecule has 0 saturated heterocycles. The molecule has 2 heterocycles. The predicted molar refractivity (Wildman–Crippen MR) is 88.3 cm³/mol. The van der Waals surface area contributed by atoms with Crippen molar-refractivity contribution in [2.75, 3.05) is 0 Å². The van der Waals surface area contributed by atoms with Gasteiger partial charge in [0.25, 0.3) is 5.91 Å². The summed E-state index contributed by atoms with van der Waals surface area (Å²) in [6.07, 6.45) is 0. The van der Waals surface area contributed by atoms with E-state index in [2.05, 4.69) is 20.5 Å². The van der Waals surface area contributed by atoms with Crippen molar-refractivity contribution in [3.8, 4) is 0 Å². The number of hydrogen-bond donors (Lipinski definition) is 3. The molecule has 24 heavy (non-hydrogen) atoms. The maximum Gasteiger partial charge on any atom is 0.272 e. The average Bonchev–Trinajstić information content (AvgIpc) is 3.13. The number of aromatic amines is 1. The summed E-state index contributed by atoms with van der Waals surface area (Å²) in [5, 5.41) is 9.33. The Morgan fingerprint density at radius 1 is 1.38 bits per heavy atom. The molecule has 1 aromatic carbocycles. The molecule has 8 nitrogen and oxygen atoms in total. The molecule has 2 amide bonds. The van der Waals surface area contributed by atoms with Gasteiger partial charge in [-0.05, 0) is 32.0 Å². The second-order valence-corrected chi connectivity index (χ2v) is 5.61. The molecule has 3 aromatic rings. The first-order chi connectivity index (χ1) is 11.5. The van der Waals surface area contributed by atoms with Gasteiger partial charge in [0.1, 0.15) is 17.6 Å². The number of hydrogen-bond acceptors (Lipinski definition) is 4. The van der Waals surface area contributed by atoms with Gasteiger partial charge in [0, 0.05) is 0 Å². The van der Waals surface area contributed by atoms with Crippen LogP contribution in [0.25, 0.3) is 11.0 Å². The predicted octanol–water partition coefficient (Wildman–Crippen LogP) is 0.720. The SMILES string of the molecule is Cc1nc2ccccc2n1Cc1cc(C(=O)NC(C)C(N)=O)n[nH]1. The van der Waals surface area contributed by atoms with Gasteiger partial charge < -0.3 is 15.6 Å². The summed E-state index contributed by atoms with van der Waals surface area (Å²) >= 11 is 0. The van der Waals surface area contributed by atoms with Gasteiger partial charge in [-0.15, -0.1) is 0 Å². The lowest BCUT2D eigenvalue weighted by Gasteiger charge is -2.07. The monoisotopic (exact) mass is 326 g/mol. The van der Waals surface area contributed by atoms with E-state index < -0.39 is 17.9 Å². The molecule has 0 aliphatic carbocycles. The molecule has 0 radical (unpaired) electrons. The fourth-order valence-corrected chi connectivity index (χ4v) is 2.47. The van der Waals surface area contributed by atoms with Gasteiger partial charge in [0.15, 0.2) is 0 Å². The lowest BCUT2D eigenvalue weighted by atomic mass is 10.2. The number of fused-ring (bicyclic) bond motifs is 1. The molecule has 4 N–H and O–H groups in total. The van der Waals surface area contributed by atoms with E-state index in [4.69, 9.17) is 5.73 Å². The zero-order valence-electron chi connectivity index (χ0n) is 13.4. The first-order valence-corrected chi connectivity index (χ1v) is 7.52. The summed E-state index contributed by atoms with van der Waals surface area (Å²) in [6, 6.07) is 8.74. The van der Waals surface area contributed by atoms with E-state index in [1.807, 2.05) is 35.8 Å². The number of benzene rings is 1. The quantitative estimate of drug-likeness (QED) is 0.640. The summed E-state index contributed by atoms with van der Waals surface area (Å²) in [7, 11) is 0. The van der Waals surface area contributed by atoms with Gasteiger partial charge in [-0.25, -0.2) is 4.98 Å².